The van der Waals surface area contributed by atoms with Crippen molar-refractivity contribution in [1.29, 1.82) is 0 Å². The van der Waals surface area contributed by atoms with E-state index in [0.717, 1.165) is 29.2 Å². The summed E-state index contributed by atoms with van der Waals surface area (Å²) in [6, 6.07) is 8.67. The molecule has 0 saturated heterocycles. The van der Waals surface area contributed by atoms with Crippen LogP contribution in [-0.2, 0) is 19.4 Å². The maximum Gasteiger partial charge on any atom is 0.243 e. The van der Waals surface area contributed by atoms with Gasteiger partial charge in [-0.2, -0.15) is 0 Å². The Balaban J connectivity index is 2.05. The zero-order valence-corrected chi connectivity index (χ0v) is 17.3. The van der Waals surface area contributed by atoms with Gasteiger partial charge in [0, 0.05) is 12.7 Å². The van der Waals surface area contributed by atoms with Gasteiger partial charge in [0.15, 0.2) is 9.84 Å². The Morgan fingerprint density at radius 2 is 1.71 bits per heavy atom. The van der Waals surface area contributed by atoms with Crippen LogP contribution in [0.15, 0.2) is 47.4 Å². The van der Waals surface area contributed by atoms with Gasteiger partial charge in [0.1, 0.15) is 11.1 Å². The van der Waals surface area contributed by atoms with Gasteiger partial charge in [0.05, 0.1) is 21.5 Å². The van der Waals surface area contributed by atoms with Crippen LogP contribution in [0.4, 0.5) is 10.1 Å². The minimum Gasteiger partial charge on any atom is -0.335 e. The molecule has 0 bridgehead atoms. The van der Waals surface area contributed by atoms with Crippen molar-refractivity contribution in [1.82, 2.24) is 4.90 Å². The number of carbonyl (C=O) groups is 2. The number of nitrogens with zero attached hydrogens (tertiary/aromatic N) is 1. The van der Waals surface area contributed by atoms with Crippen LogP contribution in [0, 0.1) is 5.82 Å². The summed E-state index contributed by atoms with van der Waals surface area (Å²) in [5, 5.41) is 1.68. The first-order valence-electron chi connectivity index (χ1n) is 8.01. The average Bonchev–Trinajstić information content (AvgIpc) is 2.63. The molecule has 28 heavy (non-hydrogen) atoms. The maximum atomic E-state index is 13.0. The van der Waals surface area contributed by atoms with Gasteiger partial charge < -0.3 is 10.2 Å². The van der Waals surface area contributed by atoms with Crippen molar-refractivity contribution in [3.8, 4) is 0 Å². The van der Waals surface area contributed by atoms with Crippen molar-refractivity contribution >= 4 is 50.5 Å². The number of hydrogen-bond donors (Lipinski definition) is 1. The summed E-state index contributed by atoms with van der Waals surface area (Å²) in [4.78, 5) is 25.4. The van der Waals surface area contributed by atoms with E-state index in [4.69, 9.17) is 23.2 Å². The number of nitrogens with one attached hydrogen (secondary N) is 1. The second kappa shape index (κ2) is 8.89. The second-order valence-corrected chi connectivity index (χ2v) is 9.10. The zero-order valence-electron chi connectivity index (χ0n) is 14.9. The van der Waals surface area contributed by atoms with Gasteiger partial charge in [-0.25, -0.2) is 12.8 Å². The number of benzene rings is 2. The van der Waals surface area contributed by atoms with E-state index in [2.05, 4.69) is 5.32 Å². The lowest BCUT2D eigenvalue weighted by molar-refractivity contribution is -0.132. The van der Waals surface area contributed by atoms with Crippen molar-refractivity contribution in [2.45, 2.75) is 17.1 Å². The summed E-state index contributed by atoms with van der Waals surface area (Å²) in [7, 11) is -2.71. The summed E-state index contributed by atoms with van der Waals surface area (Å²) < 4.78 is 38.1. The third kappa shape index (κ3) is 5.21. The summed E-state index contributed by atoms with van der Waals surface area (Å²) >= 11 is 11.7. The lowest BCUT2D eigenvalue weighted by atomic mass is 10.3. The van der Waals surface area contributed by atoms with Gasteiger partial charge in [-0.05, 0) is 49.4 Å². The van der Waals surface area contributed by atoms with Crippen molar-refractivity contribution in [2.75, 3.05) is 18.9 Å². The van der Waals surface area contributed by atoms with Gasteiger partial charge >= 0.3 is 0 Å². The second-order valence-electron chi connectivity index (χ2n) is 6.01. The molecule has 0 saturated carbocycles. The van der Waals surface area contributed by atoms with Crippen molar-refractivity contribution in [3.05, 3.63) is 58.3 Å². The van der Waals surface area contributed by atoms with Crippen LogP contribution < -0.4 is 5.32 Å². The molecule has 2 aromatic carbocycles. The van der Waals surface area contributed by atoms with E-state index >= 15 is 0 Å². The smallest absolute Gasteiger partial charge is 0.243 e. The van der Waals surface area contributed by atoms with E-state index in [1.165, 1.54) is 32.2 Å². The molecule has 0 aliphatic rings. The molecular formula is C18H17Cl2FN2O4S. The van der Waals surface area contributed by atoms with E-state index in [1.54, 1.807) is 0 Å². The van der Waals surface area contributed by atoms with Crippen molar-refractivity contribution in [2.24, 2.45) is 0 Å². The first-order chi connectivity index (χ1) is 13.0. The van der Waals surface area contributed by atoms with Gasteiger partial charge in [0.25, 0.3) is 0 Å². The summed E-state index contributed by atoms with van der Waals surface area (Å²) in [5.74, 6) is -1.90. The van der Waals surface area contributed by atoms with Gasteiger partial charge in [-0.3, -0.25) is 9.59 Å². The summed E-state index contributed by atoms with van der Waals surface area (Å²) in [6.07, 6.45) is 0. The molecule has 150 valence electrons. The lowest BCUT2D eigenvalue weighted by Gasteiger charge is -2.21. The Morgan fingerprint density at radius 3 is 2.29 bits per heavy atom. The highest BCUT2D eigenvalue weighted by Gasteiger charge is 2.32. The molecule has 0 radical (unpaired) electrons. The largest absolute Gasteiger partial charge is 0.335 e. The minimum absolute atomic E-state index is 0.177. The van der Waals surface area contributed by atoms with Crippen LogP contribution in [0.5, 0.6) is 0 Å². The number of rotatable bonds is 6. The third-order valence-electron chi connectivity index (χ3n) is 3.92. The fourth-order valence-electron chi connectivity index (χ4n) is 2.34. The molecular weight excluding hydrogens is 430 g/mol. The van der Waals surface area contributed by atoms with Crippen LogP contribution in [0.1, 0.15) is 6.92 Å². The lowest BCUT2D eigenvalue weighted by Crippen LogP contribution is -2.42. The summed E-state index contributed by atoms with van der Waals surface area (Å²) in [5.41, 5.74) is 0.382. The molecule has 0 fully saturated rings. The SMILES string of the molecule is CC(C(=O)N(C)CC(=O)Nc1ccc(Cl)c(Cl)c1)S(=O)(=O)c1ccc(F)cc1. The van der Waals surface area contributed by atoms with E-state index in [1.807, 2.05) is 0 Å². The van der Waals surface area contributed by atoms with Crippen LogP contribution in [-0.4, -0.2) is 44.0 Å². The number of sulfone groups is 1. The molecule has 1 unspecified atom stereocenters. The number of hydrogen-bond acceptors (Lipinski definition) is 4. The molecule has 0 aliphatic carbocycles. The first-order valence-corrected chi connectivity index (χ1v) is 10.3. The zero-order chi connectivity index (χ0) is 21.1. The molecule has 6 nitrogen and oxygen atoms in total. The van der Waals surface area contributed by atoms with Gasteiger partial charge in [-0.15, -0.1) is 0 Å². The van der Waals surface area contributed by atoms with E-state index in [9.17, 15) is 22.4 Å². The van der Waals surface area contributed by atoms with Crippen LogP contribution in [0.3, 0.4) is 0 Å². The highest BCUT2D eigenvalue weighted by atomic mass is 35.5. The maximum absolute atomic E-state index is 13.0. The quantitative estimate of drug-likeness (QED) is 0.689. The molecule has 0 aromatic heterocycles. The highest BCUT2D eigenvalue weighted by molar-refractivity contribution is 7.92. The predicted octanol–water partition coefficient (Wildman–Crippen LogP) is 3.39. The van der Waals surface area contributed by atoms with E-state index < -0.39 is 32.7 Å². The standard InChI is InChI=1S/C18H17Cl2FN2O4S/c1-11(28(26,27)14-6-3-12(21)4-7-14)18(25)23(2)10-17(24)22-13-5-8-15(19)16(20)9-13/h3-9,11H,10H2,1-2H3,(H,22,24). The van der Waals surface area contributed by atoms with Crippen molar-refractivity contribution < 1.29 is 22.4 Å². The van der Waals surface area contributed by atoms with Crippen LogP contribution in [0.25, 0.3) is 0 Å². The van der Waals surface area contributed by atoms with Crippen molar-refractivity contribution in [3.63, 3.8) is 0 Å². The third-order valence-corrected chi connectivity index (χ3v) is 6.72. The molecule has 2 amide bonds. The average molecular weight is 447 g/mol. The number of carbonyl (C=O) groups excluding carboxylic acids is 2. The Bertz CT molecular complexity index is 997. The monoisotopic (exact) mass is 446 g/mol. The molecule has 0 aliphatic heterocycles. The highest BCUT2D eigenvalue weighted by Crippen LogP contribution is 2.25. The fraction of sp³-hybridized carbons (Fsp3) is 0.222. The predicted molar refractivity (Wildman–Crippen MR) is 106 cm³/mol. The first kappa shape index (κ1) is 22.1. The molecule has 1 N–H and O–H groups in total. The normalized spacial score (nSPS) is 12.3. The topological polar surface area (TPSA) is 83.6 Å². The molecule has 2 aromatic rings. The fourth-order valence-corrected chi connectivity index (χ4v) is 4.01. The summed E-state index contributed by atoms with van der Waals surface area (Å²) in [6.45, 7) is 0.844. The molecule has 0 heterocycles. The Morgan fingerprint density at radius 1 is 1.11 bits per heavy atom. The number of likely N-dealkylation sites (N-methyl/N-ethyl adjacent to an activating group) is 1. The van der Waals surface area contributed by atoms with Gasteiger partial charge in [-0.1, -0.05) is 23.2 Å². The molecule has 0 spiro atoms. The Kier molecular flexibility index (Phi) is 7.03. The number of halogens is 3. The molecule has 10 heteroatoms. The van der Waals surface area contributed by atoms with E-state index in [0.29, 0.717) is 10.7 Å². The minimum atomic E-state index is -4.03. The molecule has 1 atom stereocenters. The number of anilines is 1. The molecule has 2 rings (SSSR count). The Labute approximate surface area is 172 Å². The van der Waals surface area contributed by atoms with Gasteiger partial charge in [0.2, 0.25) is 11.8 Å². The van der Waals surface area contributed by atoms with Crippen LogP contribution >= 0.6 is 23.2 Å². The van der Waals surface area contributed by atoms with Crippen LogP contribution in [0.2, 0.25) is 10.0 Å². The Hall–Kier alpha value is -2.16. The van der Waals surface area contributed by atoms with E-state index in [-0.39, 0.29) is 16.5 Å². The number of amides is 2.